The van der Waals surface area contributed by atoms with Crippen LogP contribution in [0, 0.1) is 0 Å². The zero-order valence-electron chi connectivity index (χ0n) is 15.9. The van der Waals surface area contributed by atoms with Crippen molar-refractivity contribution in [1.82, 2.24) is 14.9 Å². The first kappa shape index (κ1) is 20.0. The lowest BCUT2D eigenvalue weighted by Gasteiger charge is -2.26. The van der Waals surface area contributed by atoms with Gasteiger partial charge in [0.15, 0.2) is 0 Å². The van der Waals surface area contributed by atoms with E-state index in [0.717, 1.165) is 17.1 Å². The van der Waals surface area contributed by atoms with E-state index in [1.165, 1.54) is 0 Å². The van der Waals surface area contributed by atoms with E-state index in [9.17, 15) is 4.79 Å². The molecule has 2 aromatic heterocycles. The lowest BCUT2D eigenvalue weighted by molar-refractivity contribution is 0.0302. The Kier molecular flexibility index (Phi) is 6.34. The lowest BCUT2D eigenvalue weighted by Crippen LogP contribution is -2.40. The third-order valence-electron chi connectivity index (χ3n) is 4.25. The Balaban J connectivity index is 1.56. The molecule has 1 saturated heterocycles. The summed E-state index contributed by atoms with van der Waals surface area (Å²) in [6.45, 7) is 9.50. The summed E-state index contributed by atoms with van der Waals surface area (Å²) in [5, 5.41) is 6.92. The summed E-state index contributed by atoms with van der Waals surface area (Å²) in [7, 11) is 0. The van der Waals surface area contributed by atoms with Crippen molar-refractivity contribution >= 4 is 34.7 Å². The number of carbonyl (C=O) groups is 1. The zero-order chi connectivity index (χ0) is 19.4. The van der Waals surface area contributed by atoms with Gasteiger partial charge in [0, 0.05) is 43.0 Å². The molecule has 0 aromatic carbocycles. The van der Waals surface area contributed by atoms with Crippen molar-refractivity contribution in [3.8, 4) is 0 Å². The van der Waals surface area contributed by atoms with E-state index in [1.807, 2.05) is 0 Å². The molecule has 3 heterocycles. The second kappa shape index (κ2) is 8.54. The summed E-state index contributed by atoms with van der Waals surface area (Å²) < 4.78 is 5.28. The van der Waals surface area contributed by atoms with Gasteiger partial charge in [0.2, 0.25) is 0 Å². The van der Waals surface area contributed by atoms with E-state index < -0.39 is 0 Å². The number of morpholine rings is 1. The van der Waals surface area contributed by atoms with Gasteiger partial charge in [-0.2, -0.15) is 0 Å². The van der Waals surface area contributed by atoms with Crippen LogP contribution in [0.4, 0.5) is 5.82 Å². The van der Waals surface area contributed by atoms with Crippen LogP contribution in [0.15, 0.2) is 17.6 Å². The Morgan fingerprint density at radius 3 is 2.74 bits per heavy atom. The van der Waals surface area contributed by atoms with Gasteiger partial charge in [-0.05, 0) is 6.07 Å². The summed E-state index contributed by atoms with van der Waals surface area (Å²) in [5.74, 6) is 0.526. The average molecular weight is 409 g/mol. The number of pyridine rings is 1. The highest BCUT2D eigenvalue weighted by atomic mass is 35.5. The van der Waals surface area contributed by atoms with Crippen molar-refractivity contribution < 1.29 is 9.53 Å². The number of anilines is 1. The highest BCUT2D eigenvalue weighted by Crippen LogP contribution is 2.26. The standard InChI is InChI=1S/C19H25ClN4O2S/c1-19(2,3)18-23-14(12-27-18)4-5-21-16-15(20)10-13(11-22-16)17(25)24-6-8-26-9-7-24/h10-12H,4-9H2,1-3H3,(H,21,22). The van der Waals surface area contributed by atoms with Gasteiger partial charge in [0.1, 0.15) is 5.82 Å². The number of rotatable bonds is 5. The maximum atomic E-state index is 12.5. The molecule has 1 fully saturated rings. The number of thiazole rings is 1. The molecule has 0 saturated carbocycles. The number of amides is 1. The first-order valence-corrected chi connectivity index (χ1v) is 10.3. The smallest absolute Gasteiger partial charge is 0.255 e. The summed E-state index contributed by atoms with van der Waals surface area (Å²) in [6, 6.07) is 1.68. The first-order chi connectivity index (χ1) is 12.8. The van der Waals surface area contributed by atoms with Crippen molar-refractivity contribution in [2.45, 2.75) is 32.6 Å². The van der Waals surface area contributed by atoms with Gasteiger partial charge in [0.05, 0.1) is 34.5 Å². The molecule has 3 rings (SSSR count). The Bertz CT molecular complexity index is 797. The van der Waals surface area contributed by atoms with E-state index in [0.29, 0.717) is 49.3 Å². The van der Waals surface area contributed by atoms with Gasteiger partial charge in [-0.25, -0.2) is 9.97 Å². The minimum Gasteiger partial charge on any atom is -0.378 e. The highest BCUT2D eigenvalue weighted by molar-refractivity contribution is 7.09. The minimum absolute atomic E-state index is 0.0589. The maximum absolute atomic E-state index is 12.5. The second-order valence-electron chi connectivity index (χ2n) is 7.53. The van der Waals surface area contributed by atoms with E-state index in [2.05, 4.69) is 41.4 Å². The first-order valence-electron chi connectivity index (χ1n) is 9.06. The predicted molar refractivity (Wildman–Crippen MR) is 109 cm³/mol. The van der Waals surface area contributed by atoms with E-state index in [-0.39, 0.29) is 11.3 Å². The van der Waals surface area contributed by atoms with Crippen LogP contribution in [0.3, 0.4) is 0 Å². The Hall–Kier alpha value is -1.70. The van der Waals surface area contributed by atoms with E-state index in [1.54, 1.807) is 28.5 Å². The number of aromatic nitrogens is 2. The number of hydrogen-bond donors (Lipinski definition) is 1. The predicted octanol–water partition coefficient (Wildman–Crippen LogP) is 3.62. The normalized spacial score (nSPS) is 15.0. The van der Waals surface area contributed by atoms with Crippen molar-refractivity contribution in [3.63, 3.8) is 0 Å². The van der Waals surface area contributed by atoms with Crippen LogP contribution < -0.4 is 5.32 Å². The molecule has 1 aliphatic rings. The van der Waals surface area contributed by atoms with Gasteiger partial charge in [-0.1, -0.05) is 32.4 Å². The van der Waals surface area contributed by atoms with Crippen LogP contribution in [0.2, 0.25) is 5.02 Å². The summed E-state index contributed by atoms with van der Waals surface area (Å²) in [5.41, 5.74) is 1.64. The van der Waals surface area contributed by atoms with Gasteiger partial charge in [-0.15, -0.1) is 11.3 Å². The van der Waals surface area contributed by atoms with Crippen LogP contribution in [-0.2, 0) is 16.6 Å². The second-order valence-corrected chi connectivity index (χ2v) is 8.80. The number of nitrogens with zero attached hydrogens (tertiary/aromatic N) is 3. The van der Waals surface area contributed by atoms with Crippen molar-refractivity contribution in [2.24, 2.45) is 0 Å². The Morgan fingerprint density at radius 1 is 1.37 bits per heavy atom. The summed E-state index contributed by atoms with van der Waals surface area (Å²) in [4.78, 5) is 23.3. The molecule has 0 unspecified atom stereocenters. The Morgan fingerprint density at radius 2 is 2.11 bits per heavy atom. The minimum atomic E-state index is -0.0589. The summed E-state index contributed by atoms with van der Waals surface area (Å²) >= 11 is 8.02. The molecule has 0 radical (unpaired) electrons. The molecule has 0 aliphatic carbocycles. The number of hydrogen-bond acceptors (Lipinski definition) is 6. The molecule has 0 spiro atoms. The molecule has 2 aromatic rings. The quantitative estimate of drug-likeness (QED) is 0.818. The number of carbonyl (C=O) groups excluding carboxylic acids is 1. The van der Waals surface area contributed by atoms with Crippen molar-refractivity contribution in [1.29, 1.82) is 0 Å². The molecule has 0 atom stereocenters. The monoisotopic (exact) mass is 408 g/mol. The number of ether oxygens (including phenoxy) is 1. The fraction of sp³-hybridized carbons (Fsp3) is 0.526. The molecular formula is C19H25ClN4O2S. The molecule has 1 amide bonds. The van der Waals surface area contributed by atoms with Crippen LogP contribution in [0.5, 0.6) is 0 Å². The zero-order valence-corrected chi connectivity index (χ0v) is 17.5. The molecule has 0 bridgehead atoms. The molecule has 8 heteroatoms. The molecule has 1 N–H and O–H groups in total. The van der Waals surface area contributed by atoms with Gasteiger partial charge in [0.25, 0.3) is 5.91 Å². The molecule has 6 nitrogen and oxygen atoms in total. The van der Waals surface area contributed by atoms with E-state index in [4.69, 9.17) is 16.3 Å². The maximum Gasteiger partial charge on any atom is 0.255 e. The molecule has 146 valence electrons. The molecular weight excluding hydrogens is 384 g/mol. The molecule has 1 aliphatic heterocycles. The summed E-state index contributed by atoms with van der Waals surface area (Å²) in [6.07, 6.45) is 2.37. The van der Waals surface area contributed by atoms with Crippen molar-refractivity contribution in [3.05, 3.63) is 38.9 Å². The van der Waals surface area contributed by atoms with Gasteiger partial charge >= 0.3 is 0 Å². The fourth-order valence-electron chi connectivity index (χ4n) is 2.71. The largest absolute Gasteiger partial charge is 0.378 e. The number of halogens is 1. The number of nitrogens with one attached hydrogen (secondary N) is 1. The van der Waals surface area contributed by atoms with Gasteiger partial charge in [-0.3, -0.25) is 4.79 Å². The van der Waals surface area contributed by atoms with Crippen LogP contribution in [0.25, 0.3) is 0 Å². The van der Waals surface area contributed by atoms with Crippen LogP contribution in [0.1, 0.15) is 41.8 Å². The lowest BCUT2D eigenvalue weighted by atomic mass is 9.98. The Labute approximate surface area is 168 Å². The highest BCUT2D eigenvalue weighted by Gasteiger charge is 2.20. The van der Waals surface area contributed by atoms with Gasteiger partial charge < -0.3 is 15.0 Å². The fourth-order valence-corrected chi connectivity index (χ4v) is 3.88. The van der Waals surface area contributed by atoms with Crippen molar-refractivity contribution in [2.75, 3.05) is 38.2 Å². The SMILES string of the molecule is CC(C)(C)c1nc(CCNc2ncc(C(=O)N3CCOCC3)cc2Cl)cs1. The topological polar surface area (TPSA) is 67.4 Å². The van der Waals surface area contributed by atoms with E-state index >= 15 is 0 Å². The third kappa shape index (κ3) is 5.18. The van der Waals surface area contributed by atoms with Crippen LogP contribution >= 0.6 is 22.9 Å². The third-order valence-corrected chi connectivity index (χ3v) is 5.86. The molecule has 27 heavy (non-hydrogen) atoms. The van der Waals surface area contributed by atoms with Crippen LogP contribution in [-0.4, -0.2) is 53.6 Å². The average Bonchev–Trinajstić information content (AvgIpc) is 3.12.